The average molecular weight is 246 g/mol. The van der Waals surface area contributed by atoms with Crippen molar-refractivity contribution < 1.29 is 13.9 Å². The van der Waals surface area contributed by atoms with Gasteiger partial charge in [-0.1, -0.05) is 19.8 Å². The molecule has 0 heterocycles. The summed E-state index contributed by atoms with van der Waals surface area (Å²) < 4.78 is 27.5. The predicted octanol–water partition coefficient (Wildman–Crippen LogP) is 3.93. The van der Waals surface area contributed by atoms with E-state index in [0.29, 0.717) is 10.9 Å². The van der Waals surface area contributed by atoms with Crippen molar-refractivity contribution in [2.45, 2.75) is 19.8 Å². The van der Waals surface area contributed by atoms with E-state index in [0.717, 1.165) is 6.07 Å². The third kappa shape index (κ3) is 1.70. The van der Waals surface area contributed by atoms with Crippen molar-refractivity contribution in [3.63, 3.8) is 0 Å². The molecule has 0 bridgehead atoms. The van der Waals surface area contributed by atoms with Crippen molar-refractivity contribution in [1.82, 2.24) is 0 Å². The van der Waals surface area contributed by atoms with Gasteiger partial charge in [-0.25, -0.2) is 8.78 Å². The van der Waals surface area contributed by atoms with Crippen molar-refractivity contribution >= 4 is 10.8 Å². The third-order valence-corrected chi connectivity index (χ3v) is 2.96. The van der Waals surface area contributed by atoms with Crippen LogP contribution in [0.25, 0.3) is 10.8 Å². The van der Waals surface area contributed by atoms with Crippen LogP contribution in [0.4, 0.5) is 8.78 Å². The Balaban J connectivity index is 3.06. The molecule has 1 N–H and O–H groups in total. The number of benzene rings is 2. The number of aromatic hydroxyl groups is 1. The average Bonchev–Trinajstić information content (AvgIpc) is 2.33. The molecule has 0 aromatic heterocycles. The summed E-state index contributed by atoms with van der Waals surface area (Å²) in [5.74, 6) is 0.476. The maximum atomic E-state index is 13.8. The van der Waals surface area contributed by atoms with Crippen LogP contribution < -0.4 is 0 Å². The molecule has 2 aromatic rings. The van der Waals surface area contributed by atoms with Crippen LogP contribution in [-0.4, -0.2) is 5.11 Å². The molecule has 0 amide bonds. The zero-order valence-electron chi connectivity index (χ0n) is 10.1. The van der Waals surface area contributed by atoms with E-state index in [1.54, 1.807) is 0 Å². The molecule has 18 heavy (non-hydrogen) atoms. The van der Waals surface area contributed by atoms with Crippen LogP contribution in [0.2, 0.25) is 0 Å². The number of fused-ring (bicyclic) bond motifs is 1. The van der Waals surface area contributed by atoms with Gasteiger partial charge in [-0.2, -0.15) is 0 Å². The summed E-state index contributed by atoms with van der Waals surface area (Å²) in [4.78, 5) is 0. The van der Waals surface area contributed by atoms with Crippen LogP contribution >= 0.6 is 0 Å². The lowest BCUT2D eigenvalue weighted by molar-refractivity contribution is 0.435. The number of hydrogen-bond acceptors (Lipinski definition) is 1. The summed E-state index contributed by atoms with van der Waals surface area (Å²) in [5, 5.41) is 10.1. The molecule has 0 fully saturated rings. The van der Waals surface area contributed by atoms with Crippen molar-refractivity contribution in [2.24, 2.45) is 0 Å². The highest BCUT2D eigenvalue weighted by atomic mass is 19.1. The van der Waals surface area contributed by atoms with Crippen LogP contribution in [-0.2, 0) is 0 Å². The minimum absolute atomic E-state index is 0.00657. The highest BCUT2D eigenvalue weighted by Crippen LogP contribution is 2.35. The molecule has 0 aliphatic rings. The van der Waals surface area contributed by atoms with E-state index in [-0.39, 0.29) is 16.9 Å². The Kier molecular flexibility index (Phi) is 2.96. The second-order valence-electron chi connectivity index (χ2n) is 4.44. The molecule has 0 unspecified atom stereocenters. The summed E-state index contributed by atoms with van der Waals surface area (Å²) in [6.45, 7) is 3.74. The normalized spacial score (nSPS) is 10.9. The van der Waals surface area contributed by atoms with E-state index in [9.17, 15) is 13.9 Å². The zero-order chi connectivity index (χ0) is 13.4. The minimum Gasteiger partial charge on any atom is -0.505 e. The fourth-order valence-electron chi connectivity index (χ4n) is 2.08. The summed E-state index contributed by atoms with van der Waals surface area (Å²) in [6, 6.07) is 3.72. The van der Waals surface area contributed by atoms with E-state index < -0.39 is 17.4 Å². The highest BCUT2D eigenvalue weighted by molar-refractivity contribution is 5.93. The largest absolute Gasteiger partial charge is 0.505 e. The summed E-state index contributed by atoms with van der Waals surface area (Å²) in [5.41, 5.74) is 0.673. The second-order valence-corrected chi connectivity index (χ2v) is 4.44. The van der Waals surface area contributed by atoms with Crippen LogP contribution in [0, 0.1) is 24.0 Å². The fourth-order valence-corrected chi connectivity index (χ4v) is 2.08. The fraction of sp³-hybridized carbons (Fsp3) is 0.200. The van der Waals surface area contributed by atoms with Gasteiger partial charge < -0.3 is 5.11 Å². The Bertz CT molecular complexity index is 666. The van der Waals surface area contributed by atoms with Gasteiger partial charge in [0.15, 0.2) is 11.6 Å². The molecule has 92 valence electrons. The van der Waals surface area contributed by atoms with E-state index >= 15 is 0 Å². The first-order chi connectivity index (χ1) is 8.47. The van der Waals surface area contributed by atoms with Gasteiger partial charge in [-0.3, -0.25) is 0 Å². The first kappa shape index (κ1) is 12.4. The quantitative estimate of drug-likeness (QED) is 0.756. The van der Waals surface area contributed by atoms with E-state index in [1.807, 2.05) is 13.8 Å². The van der Waals surface area contributed by atoms with Gasteiger partial charge in [0, 0.05) is 10.8 Å². The topological polar surface area (TPSA) is 20.2 Å². The summed E-state index contributed by atoms with van der Waals surface area (Å²) in [7, 11) is 0. The maximum Gasteiger partial charge on any atom is 0.172 e. The van der Waals surface area contributed by atoms with Gasteiger partial charge in [0.2, 0.25) is 0 Å². The van der Waals surface area contributed by atoms with Gasteiger partial charge >= 0.3 is 0 Å². The van der Waals surface area contributed by atoms with Crippen molar-refractivity contribution in [3.8, 4) is 18.1 Å². The lowest BCUT2D eigenvalue weighted by atomic mass is 9.92. The van der Waals surface area contributed by atoms with Crippen LogP contribution in [0.5, 0.6) is 5.75 Å². The molecule has 1 nitrogen and oxygen atoms in total. The molecule has 0 atom stereocenters. The van der Waals surface area contributed by atoms with E-state index in [1.165, 1.54) is 12.1 Å². The lowest BCUT2D eigenvalue weighted by Gasteiger charge is -2.14. The molecule has 0 saturated heterocycles. The molecule has 0 aliphatic carbocycles. The first-order valence-electron chi connectivity index (χ1n) is 5.57. The Hall–Kier alpha value is -2.08. The standard InChI is InChI=1S/C15H12F2O/c1-4-9-12(16)6-5-10-14(9)11(8(2)3)7-13(18)15(10)17/h1,5-8,18H,2-3H3. The molecule has 2 aromatic carbocycles. The van der Waals surface area contributed by atoms with Gasteiger partial charge in [0.05, 0.1) is 5.56 Å². The molecule has 0 saturated carbocycles. The Morgan fingerprint density at radius 2 is 1.94 bits per heavy atom. The molecule has 2 rings (SSSR count). The lowest BCUT2D eigenvalue weighted by Crippen LogP contribution is -1.97. The summed E-state index contributed by atoms with van der Waals surface area (Å²) in [6.07, 6.45) is 5.30. The van der Waals surface area contributed by atoms with Gasteiger partial charge in [-0.05, 0) is 29.7 Å². The minimum atomic E-state index is -0.772. The number of rotatable bonds is 1. The number of hydrogen-bond donors (Lipinski definition) is 1. The number of terminal acetylenes is 1. The molecule has 0 aliphatic heterocycles. The van der Waals surface area contributed by atoms with Crippen molar-refractivity contribution in [1.29, 1.82) is 0 Å². The molecule has 0 spiro atoms. The smallest absolute Gasteiger partial charge is 0.172 e. The highest BCUT2D eigenvalue weighted by Gasteiger charge is 2.18. The van der Waals surface area contributed by atoms with E-state index in [4.69, 9.17) is 6.42 Å². The zero-order valence-corrected chi connectivity index (χ0v) is 10.1. The SMILES string of the molecule is C#Cc1c(F)ccc2c(F)c(O)cc(C(C)C)c12. The van der Waals surface area contributed by atoms with Crippen LogP contribution in [0.3, 0.4) is 0 Å². The molecule has 0 radical (unpaired) electrons. The number of phenols is 1. The summed E-state index contributed by atoms with van der Waals surface area (Å²) >= 11 is 0. The van der Waals surface area contributed by atoms with Gasteiger partial charge in [0.25, 0.3) is 0 Å². The van der Waals surface area contributed by atoms with Crippen molar-refractivity contribution in [2.75, 3.05) is 0 Å². The van der Waals surface area contributed by atoms with Gasteiger partial charge in [-0.15, -0.1) is 6.42 Å². The number of phenolic OH excluding ortho intramolecular Hbond substituents is 1. The Morgan fingerprint density at radius 1 is 1.28 bits per heavy atom. The van der Waals surface area contributed by atoms with Gasteiger partial charge in [0.1, 0.15) is 5.82 Å². The van der Waals surface area contributed by atoms with Crippen molar-refractivity contribution in [3.05, 3.63) is 41.0 Å². The third-order valence-electron chi connectivity index (χ3n) is 2.96. The maximum absolute atomic E-state index is 13.8. The second kappa shape index (κ2) is 4.30. The first-order valence-corrected chi connectivity index (χ1v) is 5.57. The van der Waals surface area contributed by atoms with Crippen LogP contribution in [0.1, 0.15) is 30.9 Å². The Morgan fingerprint density at radius 3 is 2.50 bits per heavy atom. The number of halogens is 2. The molecule has 3 heteroatoms. The van der Waals surface area contributed by atoms with Crippen LogP contribution in [0.15, 0.2) is 18.2 Å². The molecular formula is C15H12F2O. The monoisotopic (exact) mass is 246 g/mol. The van der Waals surface area contributed by atoms with E-state index in [2.05, 4.69) is 5.92 Å². The Labute approximate surface area is 104 Å². The predicted molar refractivity (Wildman–Crippen MR) is 67.6 cm³/mol. The molecular weight excluding hydrogens is 234 g/mol.